The molecule has 156 valence electrons. The number of hydrogen-bond donors (Lipinski definition) is 4. The summed E-state index contributed by atoms with van der Waals surface area (Å²) in [4.78, 5) is 0. The lowest BCUT2D eigenvalue weighted by Gasteiger charge is -2.44. The van der Waals surface area contributed by atoms with Gasteiger partial charge >= 0.3 is 0 Å². The Morgan fingerprint density at radius 3 is 2.63 bits per heavy atom. The molecule has 4 aliphatic rings. The van der Waals surface area contributed by atoms with Crippen LogP contribution in [0.1, 0.15) is 65.2 Å². The van der Waals surface area contributed by atoms with Crippen molar-refractivity contribution in [2.75, 3.05) is 13.7 Å². The summed E-state index contributed by atoms with van der Waals surface area (Å²) >= 11 is 2.15. The Morgan fingerprint density at radius 1 is 1.19 bits per heavy atom. The van der Waals surface area contributed by atoms with Crippen LogP contribution in [0.4, 0.5) is 0 Å². The third kappa shape index (κ3) is 4.08. The molecule has 0 spiro atoms. The van der Waals surface area contributed by atoms with Crippen LogP contribution in [0, 0.1) is 17.8 Å². The van der Waals surface area contributed by atoms with E-state index in [0.29, 0.717) is 34.8 Å². The van der Waals surface area contributed by atoms with Crippen molar-refractivity contribution in [2.24, 2.45) is 17.8 Å². The lowest BCUT2D eigenvalue weighted by Crippen LogP contribution is -2.59. The molecule has 2 saturated heterocycles. The number of hydrogen-bond acceptors (Lipinski definition) is 6. The van der Waals surface area contributed by atoms with Crippen LogP contribution in [0.2, 0.25) is 0 Å². The predicted molar refractivity (Wildman–Crippen MR) is 112 cm³/mol. The molecule has 4 fully saturated rings. The van der Waals surface area contributed by atoms with E-state index in [0.717, 1.165) is 31.2 Å². The quantitative estimate of drug-likeness (QED) is 0.553. The van der Waals surface area contributed by atoms with Crippen LogP contribution >= 0.6 is 11.8 Å². The Balaban J connectivity index is 1.41. The fraction of sp³-hybridized carbons (Fsp3) is 1.00. The maximum absolute atomic E-state index is 9.98. The molecule has 6 heteroatoms. The summed E-state index contributed by atoms with van der Waals surface area (Å²) in [5.41, 5.74) is 0.325. The third-order valence-electron chi connectivity index (χ3n) is 7.95. The maximum atomic E-state index is 9.98. The van der Waals surface area contributed by atoms with Gasteiger partial charge in [-0.3, -0.25) is 10.6 Å². The lowest BCUT2D eigenvalue weighted by atomic mass is 9.78. The van der Waals surface area contributed by atoms with Gasteiger partial charge in [0.2, 0.25) is 0 Å². The van der Waals surface area contributed by atoms with Crippen molar-refractivity contribution in [3.05, 3.63) is 0 Å². The highest BCUT2D eigenvalue weighted by Crippen LogP contribution is 2.56. The van der Waals surface area contributed by atoms with Crippen LogP contribution < -0.4 is 16.0 Å². The number of nitrogens with one attached hydrogen (secondary N) is 3. The fourth-order valence-corrected chi connectivity index (χ4v) is 8.25. The Bertz CT molecular complexity index is 492. The second kappa shape index (κ2) is 8.49. The minimum atomic E-state index is -0.191. The average molecular weight is 398 g/mol. The van der Waals surface area contributed by atoms with Gasteiger partial charge in [0, 0.05) is 23.4 Å². The SMILES string of the molecule is CC[C@]1(NC)CC[C@H](OC2NCNC3SC4CC[C@H](C[C@H](C)O)C4C23)CC1. The highest BCUT2D eigenvalue weighted by Gasteiger charge is 2.55. The van der Waals surface area contributed by atoms with Crippen LogP contribution in [0.15, 0.2) is 0 Å². The van der Waals surface area contributed by atoms with Crippen LogP contribution in [0.25, 0.3) is 0 Å². The van der Waals surface area contributed by atoms with Crippen molar-refractivity contribution in [1.29, 1.82) is 0 Å². The Kier molecular flexibility index (Phi) is 6.42. The molecule has 4 rings (SSSR count). The van der Waals surface area contributed by atoms with Gasteiger partial charge in [-0.2, -0.15) is 0 Å². The summed E-state index contributed by atoms with van der Waals surface area (Å²) in [6.07, 6.45) is 9.85. The molecule has 5 unspecified atom stereocenters. The van der Waals surface area contributed by atoms with Gasteiger partial charge in [0.15, 0.2) is 0 Å². The van der Waals surface area contributed by atoms with Crippen LogP contribution in [0.5, 0.6) is 0 Å². The first-order chi connectivity index (χ1) is 13.0. The van der Waals surface area contributed by atoms with E-state index in [1.165, 1.54) is 32.1 Å². The molecule has 2 aliphatic carbocycles. The molecular weight excluding hydrogens is 358 g/mol. The van der Waals surface area contributed by atoms with Gasteiger partial charge in [-0.1, -0.05) is 6.92 Å². The van der Waals surface area contributed by atoms with Gasteiger partial charge in [0.05, 0.1) is 17.6 Å². The molecule has 2 heterocycles. The average Bonchev–Trinajstić information content (AvgIpc) is 3.22. The first kappa shape index (κ1) is 20.4. The van der Waals surface area contributed by atoms with Gasteiger partial charge in [-0.25, -0.2) is 0 Å². The van der Waals surface area contributed by atoms with Crippen LogP contribution in [-0.2, 0) is 4.74 Å². The topological polar surface area (TPSA) is 65.5 Å². The second-order valence-corrected chi connectivity index (χ2v) is 10.8. The monoisotopic (exact) mass is 397 g/mol. The number of aliphatic hydroxyl groups excluding tert-OH is 1. The first-order valence-corrected chi connectivity index (χ1v) is 12.1. The largest absolute Gasteiger partial charge is 0.393 e. The maximum Gasteiger partial charge on any atom is 0.114 e. The van der Waals surface area contributed by atoms with Gasteiger partial charge < -0.3 is 15.2 Å². The molecule has 4 N–H and O–H groups in total. The molecule has 0 bridgehead atoms. The number of thioether (sulfide) groups is 1. The van der Waals surface area contributed by atoms with E-state index in [1.807, 2.05) is 6.92 Å². The van der Waals surface area contributed by atoms with E-state index < -0.39 is 0 Å². The summed E-state index contributed by atoms with van der Waals surface area (Å²) in [7, 11) is 2.11. The van der Waals surface area contributed by atoms with Gasteiger partial charge in [-0.05, 0) is 77.2 Å². The fourth-order valence-electron chi connectivity index (χ4n) is 6.33. The zero-order valence-electron chi connectivity index (χ0n) is 17.2. The smallest absolute Gasteiger partial charge is 0.114 e. The lowest BCUT2D eigenvalue weighted by molar-refractivity contribution is -0.107. The van der Waals surface area contributed by atoms with Crippen molar-refractivity contribution in [1.82, 2.24) is 16.0 Å². The molecule has 0 radical (unpaired) electrons. The number of fused-ring (bicyclic) bond motifs is 3. The highest BCUT2D eigenvalue weighted by atomic mass is 32.2. The number of rotatable bonds is 6. The molecule has 0 aromatic heterocycles. The minimum Gasteiger partial charge on any atom is -0.393 e. The van der Waals surface area contributed by atoms with Crippen molar-refractivity contribution in [3.8, 4) is 0 Å². The summed E-state index contributed by atoms with van der Waals surface area (Å²) < 4.78 is 6.74. The Hall–Kier alpha value is 0.150. The van der Waals surface area contributed by atoms with Crippen molar-refractivity contribution in [3.63, 3.8) is 0 Å². The second-order valence-electron chi connectivity index (χ2n) is 9.40. The summed E-state index contributed by atoms with van der Waals surface area (Å²) in [6, 6.07) is 0. The molecule has 7 atom stereocenters. The molecular formula is C21H39N3O2S. The summed E-state index contributed by atoms with van der Waals surface area (Å²) in [6.45, 7) is 5.10. The molecule has 0 aromatic carbocycles. The molecule has 0 aromatic rings. The Labute approximate surface area is 169 Å². The van der Waals surface area contributed by atoms with E-state index >= 15 is 0 Å². The molecule has 5 nitrogen and oxygen atoms in total. The van der Waals surface area contributed by atoms with Gasteiger partial charge in [0.25, 0.3) is 0 Å². The Morgan fingerprint density at radius 2 is 1.96 bits per heavy atom. The zero-order valence-corrected chi connectivity index (χ0v) is 18.1. The van der Waals surface area contributed by atoms with Crippen molar-refractivity contribution >= 4 is 11.8 Å². The number of ether oxygens (including phenoxy) is 1. The number of aliphatic hydroxyl groups is 1. The molecule has 2 saturated carbocycles. The predicted octanol–water partition coefficient (Wildman–Crippen LogP) is 2.65. The van der Waals surface area contributed by atoms with Gasteiger partial charge in [-0.15, -0.1) is 11.8 Å². The van der Waals surface area contributed by atoms with E-state index in [1.54, 1.807) is 0 Å². The minimum absolute atomic E-state index is 0.169. The molecule has 0 amide bonds. The first-order valence-electron chi connectivity index (χ1n) is 11.2. The summed E-state index contributed by atoms with van der Waals surface area (Å²) in [5, 5.41) is 22.1. The van der Waals surface area contributed by atoms with E-state index in [2.05, 4.69) is 41.7 Å². The van der Waals surface area contributed by atoms with Crippen molar-refractivity contribution < 1.29 is 9.84 Å². The van der Waals surface area contributed by atoms with E-state index in [-0.39, 0.29) is 12.3 Å². The summed E-state index contributed by atoms with van der Waals surface area (Å²) in [5.74, 6) is 1.85. The van der Waals surface area contributed by atoms with E-state index in [4.69, 9.17) is 4.74 Å². The van der Waals surface area contributed by atoms with Crippen LogP contribution in [-0.4, -0.2) is 53.4 Å². The van der Waals surface area contributed by atoms with Crippen molar-refractivity contribution in [2.45, 2.75) is 99.8 Å². The molecule has 27 heavy (non-hydrogen) atoms. The standard InChI is InChI=1S/C21H39N3O2S/c1-4-21(22-3)9-7-15(8-10-21)26-19-18-17-14(11-13(2)25)5-6-16(17)27-20(18)24-12-23-19/h13-20,22-25H,4-12H2,1-3H3/t13-,14+,15-,16?,17?,18?,19?,20?,21-/m0/s1. The molecule has 2 aliphatic heterocycles. The third-order valence-corrected chi connectivity index (χ3v) is 9.62. The normalized spacial score (nSPS) is 48.2. The zero-order chi connectivity index (χ0) is 19.0. The highest BCUT2D eigenvalue weighted by molar-refractivity contribution is 8.00. The van der Waals surface area contributed by atoms with Gasteiger partial charge in [0.1, 0.15) is 6.23 Å². The van der Waals surface area contributed by atoms with E-state index in [9.17, 15) is 5.11 Å². The van der Waals surface area contributed by atoms with Crippen LogP contribution in [0.3, 0.4) is 0 Å².